The third-order valence-electron chi connectivity index (χ3n) is 4.49. The maximum Gasteiger partial charge on any atom is 0.213 e. The lowest BCUT2D eigenvalue weighted by Gasteiger charge is -2.31. The smallest absolute Gasteiger partial charge is 0.213 e. The molecule has 0 aromatic carbocycles. The van der Waals surface area contributed by atoms with Gasteiger partial charge in [-0.05, 0) is 31.7 Å². The molecule has 3 heterocycles. The topological polar surface area (TPSA) is 91.0 Å². The molecule has 2 N–H and O–H groups in total. The van der Waals surface area contributed by atoms with Gasteiger partial charge in [0, 0.05) is 25.3 Å². The first-order chi connectivity index (χ1) is 11.0. The quantitative estimate of drug-likeness (QED) is 0.867. The first kappa shape index (κ1) is 16.2. The van der Waals surface area contributed by atoms with Gasteiger partial charge in [-0.25, -0.2) is 22.7 Å². The summed E-state index contributed by atoms with van der Waals surface area (Å²) in [5.74, 6) is 1.01. The number of sulfonamides is 1. The van der Waals surface area contributed by atoms with Crippen LogP contribution in [0.5, 0.6) is 0 Å². The van der Waals surface area contributed by atoms with Crippen molar-refractivity contribution in [3.05, 3.63) is 18.1 Å². The minimum atomic E-state index is -3.08. The largest absolute Gasteiger partial charge is 0.367 e. The number of aromatic nitrogens is 3. The number of aromatic amines is 1. The molecule has 0 atom stereocenters. The summed E-state index contributed by atoms with van der Waals surface area (Å²) < 4.78 is 25.4. The van der Waals surface area contributed by atoms with E-state index in [0.29, 0.717) is 13.1 Å². The lowest BCUT2D eigenvalue weighted by atomic mass is 10.1. The Bertz CT molecular complexity index is 778. The molecule has 1 aliphatic rings. The number of fused-ring (bicyclic) bond motifs is 1. The Morgan fingerprint density at radius 3 is 2.70 bits per heavy atom. The number of nitrogens with zero attached hydrogens (tertiary/aromatic N) is 3. The molecule has 1 saturated heterocycles. The zero-order valence-electron chi connectivity index (χ0n) is 13.5. The number of rotatable bonds is 5. The average molecular weight is 337 g/mol. The lowest BCUT2D eigenvalue weighted by molar-refractivity contribution is 0.330. The van der Waals surface area contributed by atoms with E-state index in [0.717, 1.165) is 36.1 Å². The number of piperidine rings is 1. The van der Waals surface area contributed by atoms with Crippen LogP contribution in [0.25, 0.3) is 11.0 Å². The standard InChI is InChI=1S/C15H23N5O2S/c1-3-11-9-16-14-13(11)15(18-10-17-14)19-12-5-7-20(8-6-12)23(21,22)4-2/h9-10,12H,3-8H2,1-2H3,(H2,16,17,18,19). The number of H-pyrrole nitrogens is 1. The summed E-state index contributed by atoms with van der Waals surface area (Å²) >= 11 is 0. The highest BCUT2D eigenvalue weighted by Crippen LogP contribution is 2.26. The van der Waals surface area contributed by atoms with Crippen molar-refractivity contribution in [1.29, 1.82) is 0 Å². The van der Waals surface area contributed by atoms with Crippen LogP contribution in [0.4, 0.5) is 5.82 Å². The minimum absolute atomic E-state index is 0.167. The summed E-state index contributed by atoms with van der Waals surface area (Å²) in [6, 6.07) is 0.232. The molecular formula is C15H23N5O2S. The number of aryl methyl sites for hydroxylation is 1. The second-order valence-corrected chi connectivity index (χ2v) is 8.09. The van der Waals surface area contributed by atoms with Crippen molar-refractivity contribution in [2.75, 3.05) is 24.2 Å². The Morgan fingerprint density at radius 2 is 2.04 bits per heavy atom. The number of hydrogen-bond acceptors (Lipinski definition) is 5. The van der Waals surface area contributed by atoms with E-state index < -0.39 is 10.0 Å². The van der Waals surface area contributed by atoms with E-state index in [2.05, 4.69) is 27.2 Å². The fourth-order valence-electron chi connectivity index (χ4n) is 3.07. The van der Waals surface area contributed by atoms with Gasteiger partial charge >= 0.3 is 0 Å². The van der Waals surface area contributed by atoms with Crippen molar-refractivity contribution in [3.63, 3.8) is 0 Å². The molecule has 0 amide bonds. The molecule has 3 rings (SSSR count). The summed E-state index contributed by atoms with van der Waals surface area (Å²) in [5, 5.41) is 4.52. The third-order valence-corrected chi connectivity index (χ3v) is 6.37. The van der Waals surface area contributed by atoms with E-state index in [4.69, 9.17) is 0 Å². The van der Waals surface area contributed by atoms with Crippen LogP contribution in [0.2, 0.25) is 0 Å². The van der Waals surface area contributed by atoms with Gasteiger partial charge in [0.05, 0.1) is 11.1 Å². The van der Waals surface area contributed by atoms with Crippen LogP contribution in [0.15, 0.2) is 12.5 Å². The molecular weight excluding hydrogens is 314 g/mol. The van der Waals surface area contributed by atoms with E-state index >= 15 is 0 Å². The first-order valence-electron chi connectivity index (χ1n) is 8.10. The van der Waals surface area contributed by atoms with Gasteiger partial charge in [-0.2, -0.15) is 0 Å². The van der Waals surface area contributed by atoms with Gasteiger partial charge in [-0.15, -0.1) is 0 Å². The zero-order chi connectivity index (χ0) is 16.4. The Hall–Kier alpha value is -1.67. The van der Waals surface area contributed by atoms with Crippen molar-refractivity contribution in [2.45, 2.75) is 39.2 Å². The monoisotopic (exact) mass is 337 g/mol. The summed E-state index contributed by atoms with van der Waals surface area (Å²) in [7, 11) is -3.08. The average Bonchev–Trinajstić information content (AvgIpc) is 2.99. The van der Waals surface area contributed by atoms with Gasteiger partial charge in [0.1, 0.15) is 17.8 Å². The highest BCUT2D eigenvalue weighted by atomic mass is 32.2. The van der Waals surface area contributed by atoms with Gasteiger partial charge in [0.15, 0.2) is 0 Å². The Balaban J connectivity index is 1.73. The molecule has 126 valence electrons. The molecule has 0 bridgehead atoms. The number of nitrogens with one attached hydrogen (secondary N) is 2. The predicted octanol–water partition coefficient (Wildman–Crippen LogP) is 1.75. The third kappa shape index (κ3) is 3.18. The molecule has 0 aliphatic carbocycles. The zero-order valence-corrected chi connectivity index (χ0v) is 14.4. The summed E-state index contributed by atoms with van der Waals surface area (Å²) in [6.07, 6.45) is 6.01. The Labute approximate surface area is 136 Å². The van der Waals surface area contributed by atoms with Crippen LogP contribution in [0, 0.1) is 0 Å². The molecule has 8 heteroatoms. The van der Waals surface area contributed by atoms with Gasteiger partial charge in [0.2, 0.25) is 10.0 Å². The molecule has 23 heavy (non-hydrogen) atoms. The molecule has 0 radical (unpaired) electrons. The highest BCUT2D eigenvalue weighted by Gasteiger charge is 2.27. The van der Waals surface area contributed by atoms with Crippen molar-refractivity contribution < 1.29 is 8.42 Å². The Kier molecular flexibility index (Phi) is 4.54. The molecule has 1 aliphatic heterocycles. The van der Waals surface area contributed by atoms with Crippen LogP contribution in [-0.4, -0.2) is 52.6 Å². The maximum atomic E-state index is 11.9. The normalized spacial score (nSPS) is 17.7. The number of anilines is 1. The molecule has 0 spiro atoms. The summed E-state index contributed by atoms with van der Waals surface area (Å²) in [6.45, 7) is 4.93. The van der Waals surface area contributed by atoms with Crippen molar-refractivity contribution in [1.82, 2.24) is 19.3 Å². The van der Waals surface area contributed by atoms with E-state index in [1.807, 2.05) is 6.20 Å². The van der Waals surface area contributed by atoms with Gasteiger partial charge in [-0.3, -0.25) is 0 Å². The lowest BCUT2D eigenvalue weighted by Crippen LogP contribution is -2.43. The highest BCUT2D eigenvalue weighted by molar-refractivity contribution is 7.89. The predicted molar refractivity (Wildman–Crippen MR) is 90.9 cm³/mol. The van der Waals surface area contributed by atoms with Gasteiger partial charge in [0.25, 0.3) is 0 Å². The molecule has 0 unspecified atom stereocenters. The van der Waals surface area contributed by atoms with Gasteiger partial charge in [-0.1, -0.05) is 6.92 Å². The second kappa shape index (κ2) is 6.45. The van der Waals surface area contributed by atoms with Crippen LogP contribution in [0.1, 0.15) is 32.3 Å². The maximum absolute atomic E-state index is 11.9. The molecule has 1 fully saturated rings. The molecule has 0 saturated carbocycles. The van der Waals surface area contributed by atoms with E-state index in [9.17, 15) is 8.42 Å². The van der Waals surface area contributed by atoms with Crippen molar-refractivity contribution in [3.8, 4) is 0 Å². The molecule has 2 aromatic rings. The SMILES string of the molecule is CCc1c[nH]c2ncnc(NC3CCN(S(=O)(=O)CC)CC3)c12. The fraction of sp³-hybridized carbons (Fsp3) is 0.600. The molecule has 7 nitrogen and oxygen atoms in total. The molecule has 2 aromatic heterocycles. The summed E-state index contributed by atoms with van der Waals surface area (Å²) in [5.41, 5.74) is 2.03. The number of hydrogen-bond donors (Lipinski definition) is 2. The Morgan fingerprint density at radius 1 is 1.30 bits per heavy atom. The van der Waals surface area contributed by atoms with Crippen molar-refractivity contribution >= 4 is 26.9 Å². The second-order valence-electron chi connectivity index (χ2n) is 5.83. The van der Waals surface area contributed by atoms with Gasteiger partial charge < -0.3 is 10.3 Å². The van der Waals surface area contributed by atoms with Crippen LogP contribution >= 0.6 is 0 Å². The summed E-state index contributed by atoms with van der Waals surface area (Å²) in [4.78, 5) is 11.8. The van der Waals surface area contributed by atoms with Crippen LogP contribution < -0.4 is 5.32 Å². The van der Waals surface area contributed by atoms with E-state index in [1.54, 1.807) is 17.6 Å². The van der Waals surface area contributed by atoms with Crippen molar-refractivity contribution in [2.24, 2.45) is 0 Å². The minimum Gasteiger partial charge on any atom is -0.367 e. The first-order valence-corrected chi connectivity index (χ1v) is 9.71. The van der Waals surface area contributed by atoms with E-state index in [1.165, 1.54) is 5.56 Å². The fourth-order valence-corrected chi connectivity index (χ4v) is 4.20. The van der Waals surface area contributed by atoms with Crippen LogP contribution in [-0.2, 0) is 16.4 Å². The van der Waals surface area contributed by atoms with E-state index in [-0.39, 0.29) is 11.8 Å². The van der Waals surface area contributed by atoms with Crippen LogP contribution in [0.3, 0.4) is 0 Å².